The molecule has 2 amide bonds. The Morgan fingerprint density at radius 2 is 1.02 bits per heavy atom. The van der Waals surface area contributed by atoms with E-state index < -0.39 is 70.8 Å². The van der Waals surface area contributed by atoms with E-state index in [2.05, 4.69) is 9.97 Å². The van der Waals surface area contributed by atoms with Gasteiger partial charge < -0.3 is 40.6 Å². The van der Waals surface area contributed by atoms with Crippen molar-refractivity contribution in [2.24, 2.45) is 0 Å². The number of amides is 2. The van der Waals surface area contributed by atoms with Gasteiger partial charge in [0.25, 0.3) is 22.9 Å². The average molecular weight is 713 g/mol. The molecule has 4 aromatic rings. The summed E-state index contributed by atoms with van der Waals surface area (Å²) < 4.78 is 2.72. The minimum atomic E-state index is -1.49. The van der Waals surface area contributed by atoms with E-state index in [1.807, 2.05) is 10.6 Å². The molecule has 0 bridgehead atoms. The van der Waals surface area contributed by atoms with Crippen molar-refractivity contribution in [3.63, 3.8) is 0 Å². The number of aromatic nitrogens is 4. The number of carbonyl (C=O) groups is 4. The first-order valence-corrected chi connectivity index (χ1v) is 16.1. The Morgan fingerprint density at radius 3 is 1.38 bits per heavy atom. The Hall–Kier alpha value is -3.58. The minimum Gasteiger partial charge on any atom is -0.548 e. The number of aromatic hydroxyl groups is 2. The zero-order valence-corrected chi connectivity index (χ0v) is 28.8. The second-order valence-electron chi connectivity index (χ2n) is 10.6. The van der Waals surface area contributed by atoms with Crippen LogP contribution in [0.3, 0.4) is 0 Å². The summed E-state index contributed by atoms with van der Waals surface area (Å²) >= 11 is 2.67. The van der Waals surface area contributed by atoms with Crippen molar-refractivity contribution in [3.8, 4) is 11.8 Å². The Labute approximate surface area is 303 Å². The van der Waals surface area contributed by atoms with Crippen LogP contribution in [-0.2, 0) is 35.3 Å². The zero-order chi connectivity index (χ0) is 33.1. The van der Waals surface area contributed by atoms with Crippen molar-refractivity contribution in [1.29, 1.82) is 0 Å². The topological polar surface area (TPSA) is 248 Å². The number of carboxylic acids is 2. The molecule has 6 rings (SSSR count). The molecule has 0 aromatic carbocycles. The fraction of sp³-hybridized carbons (Fsp3) is 0.429. The van der Waals surface area contributed by atoms with Gasteiger partial charge in [-0.25, -0.2) is 0 Å². The number of rotatable bonds is 6. The number of nitrogens with one attached hydrogen (secondary N) is 2. The van der Waals surface area contributed by atoms with Gasteiger partial charge in [0.15, 0.2) is 21.0 Å². The van der Waals surface area contributed by atoms with Crippen LogP contribution in [0.15, 0.2) is 9.59 Å². The molecule has 47 heavy (non-hydrogen) atoms. The summed E-state index contributed by atoms with van der Waals surface area (Å²) in [5.41, 5.74) is -0.796. The average Bonchev–Trinajstić information content (AvgIpc) is 3.29. The number of hydrogen-bond acceptors (Lipinski definition) is 14. The van der Waals surface area contributed by atoms with Crippen LogP contribution in [0.4, 0.5) is 0 Å². The van der Waals surface area contributed by atoms with Crippen LogP contribution in [0.2, 0.25) is 0 Å². The summed E-state index contributed by atoms with van der Waals surface area (Å²) in [7, 11) is 0. The molecule has 2 aliphatic rings. The van der Waals surface area contributed by atoms with E-state index in [0.717, 1.165) is 72.5 Å². The number of carboxylic acid groups (broad SMARTS) is 2. The summed E-state index contributed by atoms with van der Waals surface area (Å²) in [6.07, 6.45) is 9.19. The molecule has 244 valence electrons. The zero-order valence-electron chi connectivity index (χ0n) is 25.0. The van der Waals surface area contributed by atoms with Crippen LogP contribution >= 0.6 is 22.7 Å². The van der Waals surface area contributed by atoms with E-state index in [-0.39, 0.29) is 37.7 Å². The molecule has 4 heterocycles. The van der Waals surface area contributed by atoms with Crippen molar-refractivity contribution in [2.75, 3.05) is 13.1 Å². The van der Waals surface area contributed by atoms with E-state index in [0.29, 0.717) is 22.8 Å². The number of carbonyl (C=O) groups excluding carboxylic acids is 4. The monoisotopic (exact) mass is 712 g/mol. The fourth-order valence-corrected chi connectivity index (χ4v) is 7.85. The van der Waals surface area contributed by atoms with E-state index in [1.54, 1.807) is 0 Å². The van der Waals surface area contributed by atoms with Crippen LogP contribution in [0.5, 0.6) is 11.8 Å². The second-order valence-corrected chi connectivity index (χ2v) is 12.8. The largest absolute Gasteiger partial charge is 2.00 e. The number of fused-ring (bicyclic) bond motifs is 6. The van der Waals surface area contributed by atoms with Gasteiger partial charge in [-0.15, -0.1) is 22.7 Å². The first kappa shape index (κ1) is 36.3. The first-order chi connectivity index (χ1) is 22.0. The Morgan fingerprint density at radius 1 is 0.660 bits per heavy atom. The summed E-state index contributed by atoms with van der Waals surface area (Å²) in [6.45, 7) is -1.50. The van der Waals surface area contributed by atoms with Crippen molar-refractivity contribution >= 4 is 94.1 Å². The fourth-order valence-electron chi connectivity index (χ4n) is 5.46. The Kier molecular flexibility index (Phi) is 12.0. The normalized spacial score (nSPS) is 14.0. The molecule has 19 heteroatoms. The summed E-state index contributed by atoms with van der Waals surface area (Å²) in [5.74, 6) is -6.32. The maximum absolute atomic E-state index is 12.6. The minimum absolute atomic E-state index is 0. The molecule has 0 unspecified atom stereocenters. The van der Waals surface area contributed by atoms with Crippen molar-refractivity contribution in [1.82, 2.24) is 29.4 Å². The molecule has 0 aliphatic heterocycles. The smallest absolute Gasteiger partial charge is 0.548 e. The molecular weight excluding hydrogens is 685 g/mol. The van der Waals surface area contributed by atoms with Crippen LogP contribution in [0.1, 0.15) is 80.4 Å². The predicted octanol–water partition coefficient (Wildman–Crippen LogP) is -1.96. The first-order valence-electron chi connectivity index (χ1n) is 14.5. The third-order valence-electron chi connectivity index (χ3n) is 7.55. The van der Waals surface area contributed by atoms with Gasteiger partial charge >= 0.3 is 37.7 Å². The summed E-state index contributed by atoms with van der Waals surface area (Å²) in [4.78, 5) is 80.7. The van der Waals surface area contributed by atoms with E-state index in [4.69, 9.17) is 0 Å². The van der Waals surface area contributed by atoms with Gasteiger partial charge in [-0.2, -0.15) is 9.97 Å². The van der Waals surface area contributed by atoms with Crippen LogP contribution in [-0.4, -0.2) is 104 Å². The molecule has 16 nitrogen and oxygen atoms in total. The predicted molar refractivity (Wildman–Crippen MR) is 165 cm³/mol. The van der Waals surface area contributed by atoms with Gasteiger partial charge in [-0.3, -0.25) is 28.0 Å². The van der Waals surface area contributed by atoms with Crippen molar-refractivity contribution in [2.45, 2.75) is 64.2 Å². The molecule has 2 aliphatic carbocycles. The van der Waals surface area contributed by atoms with Gasteiger partial charge in [-0.05, 0) is 51.4 Å². The number of aliphatic carboxylic acids is 2. The maximum Gasteiger partial charge on any atom is 2.00 e. The van der Waals surface area contributed by atoms with Gasteiger partial charge in [0, 0.05) is 21.1 Å². The molecule has 0 saturated heterocycles. The summed E-state index contributed by atoms with van der Waals surface area (Å²) in [6, 6.07) is 0. The van der Waals surface area contributed by atoms with E-state index in [9.17, 15) is 49.2 Å². The standard InChI is InChI=1S/2C14H15N3O5S.Ca/c2*18-9(19)6-15-11(20)10-12(21)16-14-17(13(10)22)7-4-2-1-3-5-8(7)23-14;/h2*21H,1-6H2,(H,15,20)(H,18,19);/q;;+2/p-2. The van der Waals surface area contributed by atoms with Crippen molar-refractivity contribution in [3.05, 3.63) is 53.0 Å². The number of hydrogen-bond donors (Lipinski definition) is 4. The van der Waals surface area contributed by atoms with Crippen molar-refractivity contribution < 1.29 is 39.6 Å². The third kappa shape index (κ3) is 7.77. The SMILES string of the molecule is O=C([O-])CNC(=O)c1c(O)nc2sc3c(n2c1=O)CCCCC3.O=C([O-])CNC(=O)c1c(O)nc2sc3c(n2c1=O)CCCCC3.[Ca+2]. The Bertz CT molecular complexity index is 1860. The van der Waals surface area contributed by atoms with Gasteiger partial charge in [0.1, 0.15) is 0 Å². The molecular formula is C28H28CaN6O10S2. The van der Waals surface area contributed by atoms with E-state index in [1.165, 1.54) is 31.5 Å². The molecule has 4 N–H and O–H groups in total. The maximum atomic E-state index is 12.6. The summed E-state index contributed by atoms with van der Waals surface area (Å²) in [5, 5.41) is 44.7. The number of nitrogens with zero attached hydrogens (tertiary/aromatic N) is 4. The van der Waals surface area contributed by atoms with Crippen LogP contribution < -0.4 is 32.0 Å². The van der Waals surface area contributed by atoms with Crippen LogP contribution in [0, 0.1) is 0 Å². The third-order valence-corrected chi connectivity index (χ3v) is 9.84. The molecule has 0 spiro atoms. The second kappa shape index (κ2) is 15.5. The van der Waals surface area contributed by atoms with Gasteiger partial charge in [0.2, 0.25) is 11.8 Å². The molecule has 0 radical (unpaired) electrons. The molecule has 4 aromatic heterocycles. The molecule has 0 saturated carbocycles. The molecule has 0 atom stereocenters. The van der Waals surface area contributed by atoms with Crippen LogP contribution in [0.25, 0.3) is 9.92 Å². The van der Waals surface area contributed by atoms with Gasteiger partial charge in [0.05, 0.1) is 25.0 Å². The molecule has 0 fully saturated rings. The van der Waals surface area contributed by atoms with E-state index >= 15 is 0 Å². The number of thiazole rings is 2. The quantitative estimate of drug-likeness (QED) is 0.126. The number of aryl methyl sites for hydroxylation is 4. The Balaban J connectivity index is 0.000000208. The van der Waals surface area contributed by atoms with Gasteiger partial charge in [-0.1, -0.05) is 12.8 Å².